The van der Waals surface area contributed by atoms with E-state index in [2.05, 4.69) is 5.32 Å². The maximum atomic E-state index is 12.5. The van der Waals surface area contributed by atoms with Gasteiger partial charge in [0.2, 0.25) is 0 Å². The zero-order valence-corrected chi connectivity index (χ0v) is 11.9. The Morgan fingerprint density at radius 1 is 1.05 bits per heavy atom. The molecule has 1 heterocycles. The Labute approximate surface area is 125 Å². The van der Waals surface area contributed by atoms with E-state index in [9.17, 15) is 8.78 Å². The van der Waals surface area contributed by atoms with Crippen LogP contribution in [-0.4, -0.2) is 5.76 Å². The van der Waals surface area contributed by atoms with Crippen LogP contribution in [0, 0.1) is 0 Å². The first-order valence-electron chi connectivity index (χ1n) is 6.47. The number of alkyl halides is 2. The highest BCUT2D eigenvalue weighted by Crippen LogP contribution is 2.32. The Morgan fingerprint density at radius 2 is 1.81 bits per heavy atom. The van der Waals surface area contributed by atoms with Crippen LogP contribution >= 0.6 is 11.8 Å². The van der Waals surface area contributed by atoms with Crippen molar-refractivity contribution in [1.82, 2.24) is 0 Å². The number of furan rings is 1. The van der Waals surface area contributed by atoms with Crippen LogP contribution in [-0.2, 0) is 6.54 Å². The average molecular weight is 305 g/mol. The second-order valence-corrected chi connectivity index (χ2v) is 5.51. The van der Waals surface area contributed by atoms with Gasteiger partial charge in [0.25, 0.3) is 5.76 Å². The molecule has 5 heteroatoms. The lowest BCUT2D eigenvalue weighted by atomic mass is 10.2. The van der Waals surface area contributed by atoms with Crippen LogP contribution in [0.15, 0.2) is 63.9 Å². The lowest BCUT2D eigenvalue weighted by Crippen LogP contribution is -1.99. The molecule has 0 atom stereocenters. The Morgan fingerprint density at radius 3 is 2.62 bits per heavy atom. The SMILES string of the molecule is FC(F)Sc1ccccc1NCc1cc2ccccc2o1. The van der Waals surface area contributed by atoms with Crippen molar-refractivity contribution in [2.75, 3.05) is 5.32 Å². The van der Waals surface area contributed by atoms with E-state index >= 15 is 0 Å². The van der Waals surface area contributed by atoms with E-state index in [1.807, 2.05) is 36.4 Å². The van der Waals surface area contributed by atoms with Gasteiger partial charge in [0.1, 0.15) is 11.3 Å². The van der Waals surface area contributed by atoms with Gasteiger partial charge in [0.15, 0.2) is 0 Å². The molecule has 0 aliphatic carbocycles. The van der Waals surface area contributed by atoms with Gasteiger partial charge in [-0.2, -0.15) is 8.78 Å². The summed E-state index contributed by atoms with van der Waals surface area (Å²) in [7, 11) is 0. The molecule has 1 aromatic heterocycles. The van der Waals surface area contributed by atoms with E-state index in [-0.39, 0.29) is 0 Å². The largest absolute Gasteiger partial charge is 0.459 e. The Kier molecular flexibility index (Phi) is 4.10. The molecule has 0 amide bonds. The highest BCUT2D eigenvalue weighted by molar-refractivity contribution is 7.99. The third-order valence-corrected chi connectivity index (χ3v) is 3.82. The normalized spacial score (nSPS) is 11.2. The lowest BCUT2D eigenvalue weighted by Gasteiger charge is -2.10. The van der Waals surface area contributed by atoms with E-state index in [0.717, 1.165) is 16.7 Å². The van der Waals surface area contributed by atoms with Crippen molar-refractivity contribution in [2.24, 2.45) is 0 Å². The van der Waals surface area contributed by atoms with Crippen LogP contribution in [0.5, 0.6) is 0 Å². The molecule has 0 unspecified atom stereocenters. The standard InChI is InChI=1S/C16H13F2NOS/c17-16(18)21-15-8-4-2-6-13(15)19-10-12-9-11-5-1-3-7-14(11)20-12/h1-9,16,19H,10H2. The molecule has 0 fully saturated rings. The number of hydrogen-bond acceptors (Lipinski definition) is 3. The summed E-state index contributed by atoms with van der Waals surface area (Å²) in [5.41, 5.74) is 1.51. The second kappa shape index (κ2) is 6.18. The molecule has 3 rings (SSSR count). The van der Waals surface area contributed by atoms with Gasteiger partial charge in [-0.05, 0) is 24.3 Å². The van der Waals surface area contributed by atoms with Gasteiger partial charge in [0.05, 0.1) is 6.54 Å². The van der Waals surface area contributed by atoms with E-state index < -0.39 is 5.76 Å². The smallest absolute Gasteiger partial charge is 0.288 e. The predicted molar refractivity (Wildman–Crippen MR) is 81.8 cm³/mol. The Balaban J connectivity index is 1.75. The maximum Gasteiger partial charge on any atom is 0.288 e. The number of benzene rings is 2. The van der Waals surface area contributed by atoms with E-state index in [1.165, 1.54) is 0 Å². The average Bonchev–Trinajstić information content (AvgIpc) is 2.88. The van der Waals surface area contributed by atoms with Gasteiger partial charge in [-0.1, -0.05) is 42.1 Å². The van der Waals surface area contributed by atoms with Crippen molar-refractivity contribution in [3.8, 4) is 0 Å². The quantitative estimate of drug-likeness (QED) is 0.642. The van der Waals surface area contributed by atoms with Crippen LogP contribution in [0.2, 0.25) is 0 Å². The molecule has 0 spiro atoms. The van der Waals surface area contributed by atoms with Crippen LogP contribution < -0.4 is 5.32 Å². The molecule has 3 aromatic rings. The van der Waals surface area contributed by atoms with Crippen molar-refractivity contribution < 1.29 is 13.2 Å². The van der Waals surface area contributed by atoms with Gasteiger partial charge < -0.3 is 9.73 Å². The number of hydrogen-bond donors (Lipinski definition) is 1. The number of thioether (sulfide) groups is 1. The van der Waals surface area contributed by atoms with Crippen molar-refractivity contribution in [1.29, 1.82) is 0 Å². The molecule has 0 bridgehead atoms. The summed E-state index contributed by atoms with van der Waals surface area (Å²) >= 11 is 0.539. The molecular weight excluding hydrogens is 292 g/mol. The minimum atomic E-state index is -2.43. The molecule has 0 radical (unpaired) electrons. The molecule has 0 aliphatic rings. The number of nitrogens with one attached hydrogen (secondary N) is 1. The monoisotopic (exact) mass is 305 g/mol. The van der Waals surface area contributed by atoms with Crippen molar-refractivity contribution in [3.63, 3.8) is 0 Å². The first-order valence-corrected chi connectivity index (χ1v) is 7.35. The van der Waals surface area contributed by atoms with Gasteiger partial charge in [-0.3, -0.25) is 0 Å². The molecular formula is C16H13F2NOS. The van der Waals surface area contributed by atoms with Gasteiger partial charge >= 0.3 is 0 Å². The number of fused-ring (bicyclic) bond motifs is 1. The Bertz CT molecular complexity index is 709. The second-order valence-electron chi connectivity index (χ2n) is 4.48. The summed E-state index contributed by atoms with van der Waals surface area (Å²) < 4.78 is 30.7. The molecule has 2 nitrogen and oxygen atoms in total. The van der Waals surface area contributed by atoms with Gasteiger partial charge in [-0.15, -0.1) is 0 Å². The lowest BCUT2D eigenvalue weighted by molar-refractivity contribution is 0.252. The molecule has 21 heavy (non-hydrogen) atoms. The van der Waals surface area contributed by atoms with Crippen LogP contribution in [0.1, 0.15) is 5.76 Å². The highest BCUT2D eigenvalue weighted by Gasteiger charge is 2.10. The van der Waals surface area contributed by atoms with Crippen LogP contribution in [0.3, 0.4) is 0 Å². The first kappa shape index (κ1) is 13.9. The zero-order chi connectivity index (χ0) is 14.7. The minimum Gasteiger partial charge on any atom is -0.459 e. The van der Waals surface area contributed by atoms with Crippen molar-refractivity contribution in [3.05, 3.63) is 60.4 Å². The summed E-state index contributed by atoms with van der Waals surface area (Å²) in [6, 6.07) is 16.7. The van der Waals surface area contributed by atoms with Crippen LogP contribution in [0.25, 0.3) is 11.0 Å². The van der Waals surface area contributed by atoms with E-state index in [4.69, 9.17) is 4.42 Å². The molecule has 0 aliphatic heterocycles. The zero-order valence-electron chi connectivity index (χ0n) is 11.1. The first-order chi connectivity index (χ1) is 10.2. The van der Waals surface area contributed by atoms with Gasteiger partial charge in [-0.25, -0.2) is 0 Å². The number of rotatable bonds is 5. The topological polar surface area (TPSA) is 25.2 Å². The van der Waals surface area contributed by atoms with Crippen molar-refractivity contribution in [2.45, 2.75) is 17.2 Å². The van der Waals surface area contributed by atoms with Gasteiger partial charge in [0, 0.05) is 16.0 Å². The van der Waals surface area contributed by atoms with Crippen molar-refractivity contribution >= 4 is 28.4 Å². The molecule has 108 valence electrons. The number of halogens is 2. The third-order valence-electron chi connectivity index (χ3n) is 3.03. The van der Waals surface area contributed by atoms with E-state index in [0.29, 0.717) is 28.9 Å². The van der Waals surface area contributed by atoms with Crippen LogP contribution in [0.4, 0.5) is 14.5 Å². The minimum absolute atomic E-state index is 0.454. The van der Waals surface area contributed by atoms with E-state index in [1.54, 1.807) is 18.2 Å². The number of para-hydroxylation sites is 2. The molecule has 1 N–H and O–H groups in total. The third kappa shape index (κ3) is 3.36. The predicted octanol–water partition coefficient (Wildman–Crippen LogP) is 5.36. The molecule has 0 saturated heterocycles. The Hall–Kier alpha value is -2.01. The summed E-state index contributed by atoms with van der Waals surface area (Å²) in [5.74, 6) is -1.66. The fraction of sp³-hybridized carbons (Fsp3) is 0.125. The molecule has 0 saturated carbocycles. The summed E-state index contributed by atoms with van der Waals surface area (Å²) in [4.78, 5) is 0.531. The number of anilines is 1. The summed E-state index contributed by atoms with van der Waals surface area (Å²) in [5, 5.41) is 4.18. The fourth-order valence-electron chi connectivity index (χ4n) is 2.12. The highest BCUT2D eigenvalue weighted by atomic mass is 32.2. The summed E-state index contributed by atoms with van der Waals surface area (Å²) in [6.07, 6.45) is 0. The molecule has 2 aromatic carbocycles. The summed E-state index contributed by atoms with van der Waals surface area (Å²) in [6.45, 7) is 0.454. The maximum absolute atomic E-state index is 12.5. The fourth-order valence-corrected chi connectivity index (χ4v) is 2.73.